The molecule has 2 saturated heterocycles. The van der Waals surface area contributed by atoms with Gasteiger partial charge in [-0.05, 0) is 25.0 Å². The number of hydrogen-bond acceptors (Lipinski definition) is 9. The quantitative estimate of drug-likeness (QED) is 0.845. The summed E-state index contributed by atoms with van der Waals surface area (Å²) in [6.45, 7) is 6.08. The standard InChI is InChI=1S/C18H25N7O2/c19-15-4-3-14(13-20-15)16-21-17(24-5-1-2-9-26-10-6-24)23-18(22-16)25-7-11-27-12-8-25/h3-4,13H,1-2,5-12H2,(H2,19,20). The van der Waals surface area contributed by atoms with Gasteiger partial charge in [-0.3, -0.25) is 0 Å². The fraction of sp³-hybridized carbons (Fsp3) is 0.556. The SMILES string of the molecule is Nc1ccc(-c2nc(N3CCCCOCC3)nc(N3CCOCC3)n2)cn1. The van der Waals surface area contributed by atoms with Crippen LogP contribution in [-0.4, -0.2) is 72.5 Å². The molecule has 9 nitrogen and oxygen atoms in total. The number of morpholine rings is 1. The van der Waals surface area contributed by atoms with Crippen molar-refractivity contribution in [1.82, 2.24) is 19.9 Å². The molecule has 144 valence electrons. The van der Waals surface area contributed by atoms with E-state index >= 15 is 0 Å². The Morgan fingerprint density at radius 2 is 1.44 bits per heavy atom. The molecule has 0 saturated carbocycles. The lowest BCUT2D eigenvalue weighted by Gasteiger charge is -2.29. The number of nitrogen functional groups attached to an aromatic ring is 1. The van der Waals surface area contributed by atoms with Crippen molar-refractivity contribution in [3.63, 3.8) is 0 Å². The molecule has 0 atom stereocenters. The lowest BCUT2D eigenvalue weighted by Crippen LogP contribution is -2.38. The Hall–Kier alpha value is -2.52. The van der Waals surface area contributed by atoms with Crippen LogP contribution >= 0.6 is 0 Å². The summed E-state index contributed by atoms with van der Waals surface area (Å²) < 4.78 is 11.1. The molecular weight excluding hydrogens is 346 g/mol. The average Bonchev–Trinajstić information content (AvgIpc) is 2.69. The Morgan fingerprint density at radius 1 is 0.778 bits per heavy atom. The van der Waals surface area contributed by atoms with Gasteiger partial charge in [-0.1, -0.05) is 0 Å². The Kier molecular flexibility index (Phi) is 5.59. The molecule has 0 unspecified atom stereocenters. The van der Waals surface area contributed by atoms with Crippen LogP contribution in [0.1, 0.15) is 12.8 Å². The molecule has 2 aliphatic rings. The third-order valence-corrected chi connectivity index (χ3v) is 4.71. The maximum Gasteiger partial charge on any atom is 0.230 e. The van der Waals surface area contributed by atoms with Crippen LogP contribution in [-0.2, 0) is 9.47 Å². The summed E-state index contributed by atoms with van der Waals surface area (Å²) in [4.78, 5) is 22.7. The summed E-state index contributed by atoms with van der Waals surface area (Å²) >= 11 is 0. The van der Waals surface area contributed by atoms with Gasteiger partial charge in [-0.2, -0.15) is 15.0 Å². The largest absolute Gasteiger partial charge is 0.384 e. The first-order valence-corrected chi connectivity index (χ1v) is 9.43. The van der Waals surface area contributed by atoms with Crippen molar-refractivity contribution in [2.45, 2.75) is 12.8 Å². The monoisotopic (exact) mass is 371 g/mol. The van der Waals surface area contributed by atoms with Crippen LogP contribution in [0.5, 0.6) is 0 Å². The van der Waals surface area contributed by atoms with E-state index in [1.165, 1.54) is 0 Å². The minimum Gasteiger partial charge on any atom is -0.384 e. The zero-order valence-electron chi connectivity index (χ0n) is 15.4. The Bertz CT molecular complexity index is 742. The summed E-state index contributed by atoms with van der Waals surface area (Å²) in [6.07, 6.45) is 3.80. The molecule has 2 aromatic heterocycles. The van der Waals surface area contributed by atoms with Gasteiger partial charge in [0.15, 0.2) is 5.82 Å². The first kappa shape index (κ1) is 17.9. The zero-order valence-corrected chi connectivity index (χ0v) is 15.4. The summed E-state index contributed by atoms with van der Waals surface area (Å²) in [5.74, 6) is 2.45. The third-order valence-electron chi connectivity index (χ3n) is 4.71. The normalized spacial score (nSPS) is 18.8. The van der Waals surface area contributed by atoms with Crippen molar-refractivity contribution < 1.29 is 9.47 Å². The number of ether oxygens (including phenoxy) is 2. The number of hydrogen-bond donors (Lipinski definition) is 1. The highest BCUT2D eigenvalue weighted by molar-refractivity contribution is 5.59. The van der Waals surface area contributed by atoms with E-state index in [2.05, 4.69) is 14.8 Å². The minimum atomic E-state index is 0.474. The van der Waals surface area contributed by atoms with E-state index in [9.17, 15) is 0 Å². The number of anilines is 3. The van der Waals surface area contributed by atoms with E-state index < -0.39 is 0 Å². The van der Waals surface area contributed by atoms with Crippen LogP contribution < -0.4 is 15.5 Å². The van der Waals surface area contributed by atoms with Crippen LogP contribution in [0.4, 0.5) is 17.7 Å². The molecule has 2 N–H and O–H groups in total. The summed E-state index contributed by atoms with van der Waals surface area (Å²) in [6, 6.07) is 3.65. The number of nitrogens with two attached hydrogens (primary N) is 1. The van der Waals surface area contributed by atoms with Crippen LogP contribution in [0.25, 0.3) is 11.4 Å². The van der Waals surface area contributed by atoms with E-state index in [1.807, 2.05) is 6.07 Å². The topological polar surface area (TPSA) is 103 Å². The molecule has 0 aliphatic carbocycles. The van der Waals surface area contributed by atoms with Gasteiger partial charge in [0.25, 0.3) is 0 Å². The minimum absolute atomic E-state index is 0.474. The summed E-state index contributed by atoms with van der Waals surface area (Å²) in [5, 5.41) is 0. The molecule has 0 radical (unpaired) electrons. The van der Waals surface area contributed by atoms with Gasteiger partial charge in [0, 0.05) is 44.5 Å². The number of aromatic nitrogens is 4. The predicted octanol–water partition coefficient (Wildman–Crippen LogP) is 0.969. The lowest BCUT2D eigenvalue weighted by molar-refractivity contribution is 0.122. The highest BCUT2D eigenvalue weighted by Gasteiger charge is 2.20. The van der Waals surface area contributed by atoms with Gasteiger partial charge in [-0.15, -0.1) is 0 Å². The molecule has 0 amide bonds. The van der Waals surface area contributed by atoms with Crippen LogP contribution in [0.3, 0.4) is 0 Å². The molecular formula is C18H25N7O2. The van der Waals surface area contributed by atoms with Gasteiger partial charge in [0.05, 0.1) is 19.8 Å². The fourth-order valence-electron chi connectivity index (χ4n) is 3.16. The third kappa shape index (κ3) is 4.42. The van der Waals surface area contributed by atoms with E-state index in [0.29, 0.717) is 43.4 Å². The second kappa shape index (κ2) is 8.45. The van der Waals surface area contributed by atoms with Gasteiger partial charge in [-0.25, -0.2) is 4.98 Å². The highest BCUT2D eigenvalue weighted by atomic mass is 16.5. The molecule has 2 aromatic rings. The smallest absolute Gasteiger partial charge is 0.230 e. The Balaban J connectivity index is 1.69. The molecule has 4 heterocycles. The Morgan fingerprint density at radius 3 is 2.11 bits per heavy atom. The molecule has 4 rings (SSSR count). The van der Waals surface area contributed by atoms with Crippen molar-refractivity contribution in [2.75, 3.05) is 68.1 Å². The number of rotatable bonds is 3. The molecule has 27 heavy (non-hydrogen) atoms. The Labute approximate surface area is 158 Å². The van der Waals surface area contributed by atoms with Gasteiger partial charge >= 0.3 is 0 Å². The maximum absolute atomic E-state index is 5.72. The summed E-state index contributed by atoms with van der Waals surface area (Å²) in [7, 11) is 0. The van der Waals surface area contributed by atoms with E-state index in [4.69, 9.17) is 30.2 Å². The highest BCUT2D eigenvalue weighted by Crippen LogP contribution is 2.22. The van der Waals surface area contributed by atoms with Crippen molar-refractivity contribution in [2.24, 2.45) is 0 Å². The maximum atomic E-state index is 5.72. The van der Waals surface area contributed by atoms with Crippen LogP contribution in [0.2, 0.25) is 0 Å². The van der Waals surface area contributed by atoms with E-state index in [-0.39, 0.29) is 0 Å². The molecule has 2 fully saturated rings. The van der Waals surface area contributed by atoms with E-state index in [0.717, 1.165) is 51.2 Å². The first-order valence-electron chi connectivity index (χ1n) is 9.43. The van der Waals surface area contributed by atoms with E-state index in [1.54, 1.807) is 12.3 Å². The molecule has 0 spiro atoms. The van der Waals surface area contributed by atoms with Crippen molar-refractivity contribution >= 4 is 17.7 Å². The molecule has 0 bridgehead atoms. The molecule has 0 aromatic carbocycles. The van der Waals surface area contributed by atoms with Gasteiger partial charge < -0.3 is 25.0 Å². The van der Waals surface area contributed by atoms with Gasteiger partial charge in [0.2, 0.25) is 11.9 Å². The average molecular weight is 371 g/mol. The first-order chi connectivity index (χ1) is 13.3. The lowest BCUT2D eigenvalue weighted by atomic mass is 10.2. The van der Waals surface area contributed by atoms with Crippen molar-refractivity contribution in [3.05, 3.63) is 18.3 Å². The zero-order chi connectivity index (χ0) is 18.5. The number of nitrogens with zero attached hydrogens (tertiary/aromatic N) is 6. The van der Waals surface area contributed by atoms with Gasteiger partial charge in [0.1, 0.15) is 5.82 Å². The van der Waals surface area contributed by atoms with Crippen LogP contribution in [0, 0.1) is 0 Å². The predicted molar refractivity (Wildman–Crippen MR) is 103 cm³/mol. The molecule has 2 aliphatic heterocycles. The number of pyridine rings is 1. The van der Waals surface area contributed by atoms with Crippen LogP contribution in [0.15, 0.2) is 18.3 Å². The van der Waals surface area contributed by atoms with Crippen molar-refractivity contribution in [3.8, 4) is 11.4 Å². The molecule has 9 heteroatoms. The second-order valence-corrected chi connectivity index (χ2v) is 6.64. The fourth-order valence-corrected chi connectivity index (χ4v) is 3.16. The summed E-state index contributed by atoms with van der Waals surface area (Å²) in [5.41, 5.74) is 6.55. The van der Waals surface area contributed by atoms with Crippen molar-refractivity contribution in [1.29, 1.82) is 0 Å². The second-order valence-electron chi connectivity index (χ2n) is 6.64.